The monoisotopic (exact) mass is 451 g/mol. The fourth-order valence-electron chi connectivity index (χ4n) is 5.76. The van der Waals surface area contributed by atoms with Gasteiger partial charge < -0.3 is 9.80 Å². The molecule has 0 unspecified atom stereocenters. The van der Waals surface area contributed by atoms with Crippen LogP contribution in [0.25, 0.3) is 0 Å². The Kier molecular flexibility index (Phi) is 6.33. The molecule has 0 N–H and O–H groups in total. The van der Waals surface area contributed by atoms with Gasteiger partial charge in [-0.1, -0.05) is 43.2 Å². The molecule has 2 amide bonds. The molecule has 1 saturated heterocycles. The fraction of sp³-hybridized carbons (Fsp3) is 0.538. The standard InChI is InChI=1S/C26H33N3O2S/c1-19-17-27(14-15-29(19)26(31)21-9-5-6-10-21)24(30)18-28-13-11-23-22(12-16-32-23)25(28)20-7-3-2-4-8-20/h2-4,7-8,12,16,19,21,25H,5-6,9-11,13-15,17-18H2,1H3/t19-,25+/m1/s1. The number of amides is 2. The van der Waals surface area contributed by atoms with E-state index in [1.165, 1.54) is 28.8 Å². The lowest BCUT2D eigenvalue weighted by Gasteiger charge is -2.42. The van der Waals surface area contributed by atoms with Crippen molar-refractivity contribution in [3.8, 4) is 0 Å². The highest BCUT2D eigenvalue weighted by Gasteiger charge is 2.36. The van der Waals surface area contributed by atoms with Crippen molar-refractivity contribution in [1.29, 1.82) is 0 Å². The second kappa shape index (κ2) is 9.36. The van der Waals surface area contributed by atoms with Crippen LogP contribution in [0.3, 0.4) is 0 Å². The van der Waals surface area contributed by atoms with Crippen molar-refractivity contribution in [1.82, 2.24) is 14.7 Å². The summed E-state index contributed by atoms with van der Waals surface area (Å²) < 4.78 is 0. The Morgan fingerprint density at radius 3 is 2.56 bits per heavy atom. The molecule has 0 bridgehead atoms. The highest BCUT2D eigenvalue weighted by molar-refractivity contribution is 7.10. The molecule has 2 fully saturated rings. The predicted octanol–water partition coefficient (Wildman–Crippen LogP) is 3.95. The van der Waals surface area contributed by atoms with Crippen LogP contribution in [0.2, 0.25) is 0 Å². The number of fused-ring (bicyclic) bond motifs is 1. The molecule has 0 radical (unpaired) electrons. The fourth-order valence-corrected chi connectivity index (χ4v) is 6.66. The molecule has 3 heterocycles. The minimum Gasteiger partial charge on any atom is -0.338 e. The number of thiophene rings is 1. The van der Waals surface area contributed by atoms with Gasteiger partial charge in [0.15, 0.2) is 0 Å². The van der Waals surface area contributed by atoms with E-state index in [0.717, 1.165) is 25.8 Å². The van der Waals surface area contributed by atoms with Gasteiger partial charge in [-0.05, 0) is 48.8 Å². The van der Waals surface area contributed by atoms with Crippen molar-refractivity contribution < 1.29 is 9.59 Å². The van der Waals surface area contributed by atoms with Gasteiger partial charge in [-0.3, -0.25) is 14.5 Å². The summed E-state index contributed by atoms with van der Waals surface area (Å²) in [7, 11) is 0. The van der Waals surface area contributed by atoms with Crippen LogP contribution in [0.15, 0.2) is 41.8 Å². The zero-order valence-corrected chi connectivity index (χ0v) is 19.7. The molecule has 1 aromatic carbocycles. The highest BCUT2D eigenvalue weighted by atomic mass is 32.1. The lowest BCUT2D eigenvalue weighted by molar-refractivity contribution is -0.145. The number of carbonyl (C=O) groups excluding carboxylic acids is 2. The van der Waals surface area contributed by atoms with Crippen molar-refractivity contribution in [2.45, 2.75) is 51.1 Å². The molecule has 3 aliphatic rings. The van der Waals surface area contributed by atoms with Gasteiger partial charge in [0.1, 0.15) is 0 Å². The highest BCUT2D eigenvalue weighted by Crippen LogP contribution is 2.37. The van der Waals surface area contributed by atoms with Crippen LogP contribution in [-0.4, -0.2) is 65.3 Å². The Labute approximate surface area is 195 Å². The van der Waals surface area contributed by atoms with E-state index < -0.39 is 0 Å². The molecule has 0 spiro atoms. The lowest BCUT2D eigenvalue weighted by Crippen LogP contribution is -2.58. The first-order chi connectivity index (χ1) is 15.6. The Morgan fingerprint density at radius 2 is 1.81 bits per heavy atom. The second-order valence-corrected chi connectivity index (χ2v) is 10.5. The van der Waals surface area contributed by atoms with Gasteiger partial charge in [0, 0.05) is 43.0 Å². The molecule has 170 valence electrons. The minimum absolute atomic E-state index is 0.0931. The Balaban J connectivity index is 1.26. The molecule has 6 heteroatoms. The summed E-state index contributed by atoms with van der Waals surface area (Å²) in [5.41, 5.74) is 2.60. The van der Waals surface area contributed by atoms with E-state index in [9.17, 15) is 9.59 Å². The Bertz CT molecular complexity index is 953. The predicted molar refractivity (Wildman–Crippen MR) is 128 cm³/mol. The van der Waals surface area contributed by atoms with Crippen LogP contribution in [0.5, 0.6) is 0 Å². The summed E-state index contributed by atoms with van der Waals surface area (Å²) in [5.74, 6) is 0.705. The summed E-state index contributed by atoms with van der Waals surface area (Å²) in [6, 6.07) is 13.0. The number of nitrogens with zero attached hydrogens (tertiary/aromatic N) is 3. The third kappa shape index (κ3) is 4.23. The normalized spacial score (nSPS) is 24.5. The molecule has 5 nitrogen and oxygen atoms in total. The zero-order valence-electron chi connectivity index (χ0n) is 18.9. The quantitative estimate of drug-likeness (QED) is 0.707. The second-order valence-electron chi connectivity index (χ2n) is 9.53. The molecule has 2 aromatic rings. The van der Waals surface area contributed by atoms with Crippen LogP contribution < -0.4 is 0 Å². The Morgan fingerprint density at radius 1 is 1.03 bits per heavy atom. The molecule has 32 heavy (non-hydrogen) atoms. The zero-order chi connectivity index (χ0) is 22.1. The maximum absolute atomic E-state index is 13.4. The topological polar surface area (TPSA) is 43.9 Å². The van der Waals surface area contributed by atoms with E-state index in [-0.39, 0.29) is 23.9 Å². The van der Waals surface area contributed by atoms with E-state index in [1.54, 1.807) is 0 Å². The molecule has 2 atom stereocenters. The number of hydrogen-bond donors (Lipinski definition) is 0. The van der Waals surface area contributed by atoms with Gasteiger partial charge in [0.25, 0.3) is 0 Å². The van der Waals surface area contributed by atoms with Crippen LogP contribution >= 0.6 is 11.3 Å². The number of piperazine rings is 1. The first kappa shape index (κ1) is 21.7. The van der Waals surface area contributed by atoms with Crippen LogP contribution in [0.4, 0.5) is 0 Å². The first-order valence-corrected chi connectivity index (χ1v) is 12.9. The van der Waals surface area contributed by atoms with Gasteiger partial charge in [0.2, 0.25) is 11.8 Å². The third-order valence-corrected chi connectivity index (χ3v) is 8.48. The van der Waals surface area contributed by atoms with Gasteiger partial charge in [-0.25, -0.2) is 0 Å². The summed E-state index contributed by atoms with van der Waals surface area (Å²) in [6.07, 6.45) is 5.42. The van der Waals surface area contributed by atoms with Gasteiger partial charge in [-0.2, -0.15) is 0 Å². The largest absolute Gasteiger partial charge is 0.338 e. The van der Waals surface area contributed by atoms with Crippen molar-refractivity contribution in [2.75, 3.05) is 32.7 Å². The van der Waals surface area contributed by atoms with E-state index in [0.29, 0.717) is 32.1 Å². The molecule has 1 aromatic heterocycles. The number of benzene rings is 1. The maximum atomic E-state index is 13.4. The molecular weight excluding hydrogens is 418 g/mol. The first-order valence-electron chi connectivity index (χ1n) is 12.1. The van der Waals surface area contributed by atoms with Gasteiger partial charge in [-0.15, -0.1) is 11.3 Å². The van der Waals surface area contributed by atoms with Crippen LogP contribution in [-0.2, 0) is 16.0 Å². The smallest absolute Gasteiger partial charge is 0.236 e. The summed E-state index contributed by atoms with van der Waals surface area (Å²) >= 11 is 1.83. The van der Waals surface area contributed by atoms with E-state index in [1.807, 2.05) is 27.2 Å². The average Bonchev–Trinajstić information content (AvgIpc) is 3.51. The van der Waals surface area contributed by atoms with E-state index in [4.69, 9.17) is 0 Å². The number of rotatable bonds is 4. The molecular formula is C26H33N3O2S. The van der Waals surface area contributed by atoms with E-state index >= 15 is 0 Å². The van der Waals surface area contributed by atoms with Crippen LogP contribution in [0, 0.1) is 5.92 Å². The minimum atomic E-state index is 0.0931. The third-order valence-electron chi connectivity index (χ3n) is 7.49. The maximum Gasteiger partial charge on any atom is 0.236 e. The number of hydrogen-bond acceptors (Lipinski definition) is 4. The molecule has 2 aliphatic heterocycles. The average molecular weight is 452 g/mol. The summed E-state index contributed by atoms with van der Waals surface area (Å²) in [6.45, 7) is 5.38. The van der Waals surface area contributed by atoms with Crippen molar-refractivity contribution in [3.63, 3.8) is 0 Å². The van der Waals surface area contributed by atoms with Crippen molar-refractivity contribution >= 4 is 23.2 Å². The lowest BCUT2D eigenvalue weighted by atomic mass is 9.93. The summed E-state index contributed by atoms with van der Waals surface area (Å²) in [5, 5.41) is 2.17. The number of carbonyl (C=O) groups is 2. The Hall–Kier alpha value is -2.18. The van der Waals surface area contributed by atoms with Crippen LogP contribution in [0.1, 0.15) is 54.7 Å². The van der Waals surface area contributed by atoms with Crippen molar-refractivity contribution in [3.05, 3.63) is 57.8 Å². The molecule has 5 rings (SSSR count). The summed E-state index contributed by atoms with van der Waals surface area (Å²) in [4.78, 5) is 34.1. The molecule has 1 aliphatic carbocycles. The van der Waals surface area contributed by atoms with Gasteiger partial charge in [0.05, 0.1) is 12.6 Å². The van der Waals surface area contributed by atoms with Gasteiger partial charge >= 0.3 is 0 Å². The van der Waals surface area contributed by atoms with E-state index in [2.05, 4.69) is 47.5 Å². The van der Waals surface area contributed by atoms with Crippen molar-refractivity contribution in [2.24, 2.45) is 5.92 Å². The molecule has 1 saturated carbocycles. The SMILES string of the molecule is C[C@@H]1CN(C(=O)CN2CCc3sccc3[C@@H]2c2ccccc2)CCN1C(=O)C1CCCC1.